The van der Waals surface area contributed by atoms with Gasteiger partial charge in [0.15, 0.2) is 5.65 Å². The summed E-state index contributed by atoms with van der Waals surface area (Å²) in [5, 5.41) is 8.94. The summed E-state index contributed by atoms with van der Waals surface area (Å²) >= 11 is 3.61. The summed E-state index contributed by atoms with van der Waals surface area (Å²) in [6.45, 7) is 2.64. The Morgan fingerprint density at radius 2 is 1.85 bits per heavy atom. The topological polar surface area (TPSA) is 111 Å². The van der Waals surface area contributed by atoms with Gasteiger partial charge in [0.05, 0.1) is 34.0 Å². The van der Waals surface area contributed by atoms with Gasteiger partial charge in [-0.1, -0.05) is 18.2 Å². The van der Waals surface area contributed by atoms with Crippen LogP contribution in [0, 0.1) is 0 Å². The van der Waals surface area contributed by atoms with Gasteiger partial charge < -0.3 is 5.73 Å². The Balaban J connectivity index is 1.50. The smallest absolute Gasteiger partial charge is 0.213 e. The molecule has 1 saturated heterocycles. The van der Waals surface area contributed by atoms with Gasteiger partial charge in [-0.05, 0) is 47.8 Å². The van der Waals surface area contributed by atoms with Crippen LogP contribution >= 0.6 is 15.9 Å². The van der Waals surface area contributed by atoms with Crippen molar-refractivity contribution >= 4 is 37.4 Å². The van der Waals surface area contributed by atoms with Crippen molar-refractivity contribution in [1.29, 1.82) is 0 Å². The van der Waals surface area contributed by atoms with Gasteiger partial charge in [0, 0.05) is 36.3 Å². The molecule has 4 aromatic rings. The molecule has 1 fully saturated rings. The molecule has 0 spiro atoms. The molecule has 0 aliphatic carbocycles. The molecule has 4 heterocycles. The second-order valence-corrected chi connectivity index (χ2v) is 11.1. The van der Waals surface area contributed by atoms with E-state index in [1.807, 2.05) is 41.2 Å². The van der Waals surface area contributed by atoms with E-state index in [4.69, 9.17) is 10.7 Å². The number of rotatable bonds is 5. The van der Waals surface area contributed by atoms with Gasteiger partial charge in [-0.3, -0.25) is 0 Å². The number of piperidine rings is 1. The van der Waals surface area contributed by atoms with Crippen LogP contribution in [0.15, 0.2) is 53.4 Å². The summed E-state index contributed by atoms with van der Waals surface area (Å²) in [5.74, 6) is 0.694. The first kappa shape index (κ1) is 22.1. The van der Waals surface area contributed by atoms with Crippen molar-refractivity contribution in [3.8, 4) is 16.8 Å². The van der Waals surface area contributed by atoms with Crippen molar-refractivity contribution in [2.24, 2.45) is 0 Å². The largest absolute Gasteiger partial charge is 0.383 e. The maximum Gasteiger partial charge on any atom is 0.213 e. The van der Waals surface area contributed by atoms with E-state index in [1.54, 1.807) is 28.1 Å². The highest BCUT2D eigenvalue weighted by Gasteiger charge is 2.30. The third kappa shape index (κ3) is 3.94. The van der Waals surface area contributed by atoms with Crippen molar-refractivity contribution in [3.05, 3.63) is 59.1 Å². The van der Waals surface area contributed by atoms with E-state index >= 15 is 0 Å². The summed E-state index contributed by atoms with van der Waals surface area (Å²) in [5.41, 5.74) is 10.6. The Hall–Kier alpha value is -2.76. The monoisotopic (exact) mass is 529 g/mol. The number of nitrogen functional groups attached to an aromatic ring is 1. The quantitative estimate of drug-likeness (QED) is 0.423. The number of para-hydroxylation sites is 1. The molecule has 3 aromatic heterocycles. The van der Waals surface area contributed by atoms with Crippen molar-refractivity contribution in [2.75, 3.05) is 24.6 Å². The van der Waals surface area contributed by atoms with E-state index in [9.17, 15) is 8.42 Å². The SMILES string of the molecule is CCS(=O)(=O)N1CCC(c2nc3c(-c4cnn(-c5ccccc5)c4)cnn3c(N)c2Br)CC1. The summed E-state index contributed by atoms with van der Waals surface area (Å²) in [4.78, 5) is 4.95. The highest BCUT2D eigenvalue weighted by atomic mass is 79.9. The fourth-order valence-electron chi connectivity index (χ4n) is 4.26. The highest BCUT2D eigenvalue weighted by molar-refractivity contribution is 9.10. The number of nitrogens with zero attached hydrogens (tertiary/aromatic N) is 6. The summed E-state index contributed by atoms with van der Waals surface area (Å²) in [6, 6.07) is 9.88. The van der Waals surface area contributed by atoms with Gasteiger partial charge in [-0.25, -0.2) is 22.4 Å². The third-order valence-electron chi connectivity index (χ3n) is 6.16. The summed E-state index contributed by atoms with van der Waals surface area (Å²) in [7, 11) is -3.18. The van der Waals surface area contributed by atoms with Crippen LogP contribution in [0.2, 0.25) is 0 Å². The fourth-order valence-corrected chi connectivity index (χ4v) is 5.97. The molecule has 0 saturated carbocycles. The van der Waals surface area contributed by atoms with Gasteiger partial charge in [0.1, 0.15) is 5.82 Å². The second kappa shape index (κ2) is 8.54. The minimum Gasteiger partial charge on any atom is -0.383 e. The van der Waals surface area contributed by atoms with E-state index in [2.05, 4.69) is 26.1 Å². The van der Waals surface area contributed by atoms with Crippen molar-refractivity contribution < 1.29 is 8.42 Å². The molecular formula is C22H24BrN7O2S. The number of anilines is 1. The average Bonchev–Trinajstić information content (AvgIpc) is 3.49. The zero-order valence-electron chi connectivity index (χ0n) is 18.1. The lowest BCUT2D eigenvalue weighted by molar-refractivity contribution is 0.317. The number of hydrogen-bond donors (Lipinski definition) is 1. The van der Waals surface area contributed by atoms with Crippen LogP contribution in [-0.2, 0) is 10.0 Å². The maximum absolute atomic E-state index is 12.2. The minimum atomic E-state index is -3.18. The van der Waals surface area contributed by atoms with Crippen LogP contribution in [0.1, 0.15) is 31.4 Å². The molecule has 5 rings (SSSR count). The molecule has 1 aliphatic heterocycles. The third-order valence-corrected chi connectivity index (χ3v) is 8.86. The standard InChI is InChI=1S/C22H24BrN7O2S/c1-2-33(31,32)28-10-8-15(9-11-28)20-19(23)21(24)30-22(27-20)18(13-26-30)16-12-25-29(14-16)17-6-4-3-5-7-17/h3-7,12-15H,2,8-11,24H2,1H3. The van der Waals surface area contributed by atoms with Gasteiger partial charge in [0.2, 0.25) is 10.0 Å². The molecule has 33 heavy (non-hydrogen) atoms. The molecule has 0 radical (unpaired) electrons. The average molecular weight is 530 g/mol. The van der Waals surface area contributed by atoms with Crippen LogP contribution < -0.4 is 5.73 Å². The molecule has 1 aromatic carbocycles. The van der Waals surface area contributed by atoms with Gasteiger partial charge in [-0.15, -0.1) is 0 Å². The minimum absolute atomic E-state index is 0.102. The molecule has 0 atom stereocenters. The van der Waals surface area contributed by atoms with E-state index in [1.165, 1.54) is 0 Å². The number of fused-ring (bicyclic) bond motifs is 1. The predicted molar refractivity (Wildman–Crippen MR) is 131 cm³/mol. The molecule has 0 unspecified atom stereocenters. The number of nitrogens with two attached hydrogens (primary N) is 1. The Kier molecular flexibility index (Phi) is 5.71. The maximum atomic E-state index is 12.2. The van der Waals surface area contributed by atoms with Gasteiger partial charge >= 0.3 is 0 Å². The first-order valence-corrected chi connectivity index (χ1v) is 13.2. The van der Waals surface area contributed by atoms with Crippen LogP contribution in [-0.4, -0.2) is 55.9 Å². The summed E-state index contributed by atoms with van der Waals surface area (Å²) in [6.07, 6.45) is 6.86. The predicted octanol–water partition coefficient (Wildman–Crippen LogP) is 3.46. The Morgan fingerprint density at radius 1 is 1.12 bits per heavy atom. The molecule has 2 N–H and O–H groups in total. The molecule has 0 bridgehead atoms. The van der Waals surface area contributed by atoms with E-state index < -0.39 is 10.0 Å². The Bertz CT molecular complexity index is 1410. The lowest BCUT2D eigenvalue weighted by Crippen LogP contribution is -2.39. The number of halogens is 1. The molecule has 11 heteroatoms. The normalized spacial score (nSPS) is 15.9. The summed E-state index contributed by atoms with van der Waals surface area (Å²) < 4.78 is 30.2. The van der Waals surface area contributed by atoms with Crippen LogP contribution in [0.3, 0.4) is 0 Å². The molecule has 0 amide bonds. The van der Waals surface area contributed by atoms with Crippen molar-refractivity contribution in [3.63, 3.8) is 0 Å². The van der Waals surface area contributed by atoms with Gasteiger partial charge in [-0.2, -0.15) is 14.7 Å². The van der Waals surface area contributed by atoms with Crippen molar-refractivity contribution in [2.45, 2.75) is 25.7 Å². The van der Waals surface area contributed by atoms with E-state index in [0.29, 0.717) is 41.9 Å². The first-order valence-electron chi connectivity index (χ1n) is 10.8. The van der Waals surface area contributed by atoms with Gasteiger partial charge in [0.25, 0.3) is 0 Å². The van der Waals surface area contributed by atoms with Crippen LogP contribution in [0.25, 0.3) is 22.5 Å². The van der Waals surface area contributed by atoms with E-state index in [-0.39, 0.29) is 11.7 Å². The Labute approximate surface area is 200 Å². The molecule has 172 valence electrons. The van der Waals surface area contributed by atoms with Crippen molar-refractivity contribution in [1.82, 2.24) is 28.7 Å². The fraction of sp³-hybridized carbons (Fsp3) is 0.318. The second-order valence-electron chi connectivity index (χ2n) is 8.07. The zero-order valence-corrected chi connectivity index (χ0v) is 20.5. The zero-order chi connectivity index (χ0) is 23.2. The number of aromatic nitrogens is 5. The van der Waals surface area contributed by atoms with Crippen LogP contribution in [0.5, 0.6) is 0 Å². The Morgan fingerprint density at radius 3 is 2.55 bits per heavy atom. The highest BCUT2D eigenvalue weighted by Crippen LogP contribution is 2.37. The molecular weight excluding hydrogens is 506 g/mol. The van der Waals surface area contributed by atoms with Crippen LogP contribution in [0.4, 0.5) is 5.82 Å². The number of hydrogen-bond acceptors (Lipinski definition) is 6. The number of sulfonamides is 1. The molecule has 9 nitrogen and oxygen atoms in total. The molecule has 1 aliphatic rings. The van der Waals surface area contributed by atoms with E-state index in [0.717, 1.165) is 22.5 Å². The lowest BCUT2D eigenvalue weighted by atomic mass is 9.94. The lowest BCUT2D eigenvalue weighted by Gasteiger charge is -2.31. The number of benzene rings is 1. The first-order chi connectivity index (χ1) is 15.9.